The number of nitrogens with zero attached hydrogens (tertiary/aromatic N) is 2. The van der Waals surface area contributed by atoms with Crippen molar-refractivity contribution in [3.05, 3.63) is 53.1 Å². The molecule has 2 aromatic rings. The molecule has 0 spiro atoms. The largest absolute Gasteiger partial charge is 0.461 e. The molecule has 0 aliphatic carbocycles. The molecule has 0 unspecified atom stereocenters. The van der Waals surface area contributed by atoms with Gasteiger partial charge in [0.2, 0.25) is 0 Å². The van der Waals surface area contributed by atoms with Gasteiger partial charge >= 0.3 is 11.9 Å². The van der Waals surface area contributed by atoms with Crippen molar-refractivity contribution in [2.75, 3.05) is 13.2 Å². The predicted octanol–water partition coefficient (Wildman–Crippen LogP) is 2.42. The van der Waals surface area contributed by atoms with Crippen LogP contribution in [-0.4, -0.2) is 34.9 Å². The Morgan fingerprint density at radius 2 is 1.70 bits per heavy atom. The molecule has 122 valence electrons. The minimum Gasteiger partial charge on any atom is -0.461 e. The third-order valence-corrected chi connectivity index (χ3v) is 2.99. The van der Waals surface area contributed by atoms with Crippen LogP contribution in [0, 0.1) is 5.82 Å². The van der Waals surface area contributed by atoms with E-state index in [1.54, 1.807) is 26.0 Å². The van der Waals surface area contributed by atoms with Crippen molar-refractivity contribution in [1.82, 2.24) is 9.78 Å². The van der Waals surface area contributed by atoms with Crippen molar-refractivity contribution in [3.8, 4) is 0 Å². The minimum atomic E-state index is -0.615. The molecule has 0 aliphatic rings. The van der Waals surface area contributed by atoms with Gasteiger partial charge in [0.25, 0.3) is 0 Å². The fourth-order valence-electron chi connectivity index (χ4n) is 1.97. The highest BCUT2D eigenvalue weighted by molar-refractivity contribution is 5.93. The smallest absolute Gasteiger partial charge is 0.358 e. The second-order valence-electron chi connectivity index (χ2n) is 4.64. The summed E-state index contributed by atoms with van der Waals surface area (Å²) in [5, 5.41) is 4.10. The molecule has 0 atom stereocenters. The summed E-state index contributed by atoms with van der Waals surface area (Å²) in [6, 6.07) is 7.12. The quantitative estimate of drug-likeness (QED) is 0.765. The number of rotatable bonds is 6. The van der Waals surface area contributed by atoms with Crippen LogP contribution in [0.4, 0.5) is 4.39 Å². The second kappa shape index (κ2) is 7.53. The van der Waals surface area contributed by atoms with Gasteiger partial charge in [0.05, 0.1) is 19.8 Å². The van der Waals surface area contributed by atoms with E-state index < -0.39 is 11.9 Å². The van der Waals surface area contributed by atoms with Crippen LogP contribution in [0.25, 0.3) is 0 Å². The molecular weight excluding hydrogens is 303 g/mol. The van der Waals surface area contributed by atoms with Crippen LogP contribution in [0.5, 0.6) is 0 Å². The lowest BCUT2D eigenvalue weighted by Crippen LogP contribution is -2.14. The van der Waals surface area contributed by atoms with E-state index in [4.69, 9.17) is 9.47 Å². The van der Waals surface area contributed by atoms with Crippen molar-refractivity contribution in [3.63, 3.8) is 0 Å². The lowest BCUT2D eigenvalue weighted by Gasteiger charge is -2.07. The Morgan fingerprint density at radius 3 is 2.30 bits per heavy atom. The summed E-state index contributed by atoms with van der Waals surface area (Å²) in [7, 11) is 0. The van der Waals surface area contributed by atoms with Gasteiger partial charge in [0.1, 0.15) is 11.5 Å². The monoisotopic (exact) mass is 320 g/mol. The Hall–Kier alpha value is -2.70. The van der Waals surface area contributed by atoms with Gasteiger partial charge in [-0.3, -0.25) is 4.68 Å². The fourth-order valence-corrected chi connectivity index (χ4v) is 1.97. The number of esters is 2. The molecule has 1 aromatic heterocycles. The number of carbonyl (C=O) groups excluding carboxylic acids is 2. The van der Waals surface area contributed by atoms with Gasteiger partial charge in [-0.05, 0) is 31.5 Å². The van der Waals surface area contributed by atoms with Crippen molar-refractivity contribution >= 4 is 11.9 Å². The van der Waals surface area contributed by atoms with Crippen LogP contribution in [0.3, 0.4) is 0 Å². The van der Waals surface area contributed by atoms with E-state index in [-0.39, 0.29) is 37.0 Å². The van der Waals surface area contributed by atoms with E-state index in [1.165, 1.54) is 22.9 Å². The van der Waals surface area contributed by atoms with E-state index in [2.05, 4.69) is 5.10 Å². The zero-order valence-corrected chi connectivity index (χ0v) is 12.9. The molecule has 0 saturated carbocycles. The van der Waals surface area contributed by atoms with E-state index in [0.29, 0.717) is 0 Å². The molecule has 0 bridgehead atoms. The molecule has 0 amide bonds. The maximum Gasteiger partial charge on any atom is 0.358 e. The maximum atomic E-state index is 13.0. The average Bonchev–Trinajstić information content (AvgIpc) is 2.94. The topological polar surface area (TPSA) is 70.4 Å². The highest BCUT2D eigenvalue weighted by atomic mass is 19.1. The zero-order chi connectivity index (χ0) is 16.8. The van der Waals surface area contributed by atoms with Crippen molar-refractivity contribution in [1.29, 1.82) is 0 Å². The molecule has 1 aromatic carbocycles. The number of halogens is 1. The molecule has 0 aliphatic heterocycles. The third-order valence-electron chi connectivity index (χ3n) is 2.99. The molecule has 0 fully saturated rings. The molecule has 7 heteroatoms. The lowest BCUT2D eigenvalue weighted by molar-refractivity contribution is 0.0506. The highest BCUT2D eigenvalue weighted by Gasteiger charge is 2.21. The lowest BCUT2D eigenvalue weighted by atomic mass is 10.2. The Labute approximate surface area is 132 Å². The zero-order valence-electron chi connectivity index (χ0n) is 12.9. The van der Waals surface area contributed by atoms with Gasteiger partial charge < -0.3 is 9.47 Å². The minimum absolute atomic E-state index is 0.0250. The SMILES string of the molecule is CCOC(=O)c1cc(C(=O)OCC)n(Cc2ccc(F)cc2)n1. The van der Waals surface area contributed by atoms with E-state index in [1.807, 2.05) is 0 Å². The van der Waals surface area contributed by atoms with Gasteiger partial charge in [-0.25, -0.2) is 14.0 Å². The van der Waals surface area contributed by atoms with Gasteiger partial charge in [0, 0.05) is 6.07 Å². The van der Waals surface area contributed by atoms with Crippen LogP contribution in [0.15, 0.2) is 30.3 Å². The fraction of sp³-hybridized carbons (Fsp3) is 0.312. The highest BCUT2D eigenvalue weighted by Crippen LogP contribution is 2.12. The van der Waals surface area contributed by atoms with Crippen molar-refractivity contribution in [2.24, 2.45) is 0 Å². The van der Waals surface area contributed by atoms with Crippen LogP contribution in [-0.2, 0) is 16.0 Å². The summed E-state index contributed by atoms with van der Waals surface area (Å²) in [6.45, 7) is 3.98. The Kier molecular flexibility index (Phi) is 5.46. The molecule has 6 nitrogen and oxygen atoms in total. The number of hydrogen-bond donors (Lipinski definition) is 0. The molecule has 0 saturated heterocycles. The number of ether oxygens (including phenoxy) is 2. The van der Waals surface area contributed by atoms with E-state index >= 15 is 0 Å². The summed E-state index contributed by atoms with van der Waals surface area (Å²) < 4.78 is 24.2. The summed E-state index contributed by atoms with van der Waals surface area (Å²) in [5.41, 5.74) is 0.895. The van der Waals surface area contributed by atoms with E-state index in [0.717, 1.165) is 5.56 Å². The molecule has 2 rings (SSSR count). The van der Waals surface area contributed by atoms with Crippen LogP contribution < -0.4 is 0 Å². The molecule has 0 N–H and O–H groups in total. The third kappa shape index (κ3) is 4.15. The Bertz CT molecular complexity index is 695. The number of benzene rings is 1. The predicted molar refractivity (Wildman–Crippen MR) is 79.6 cm³/mol. The summed E-state index contributed by atoms with van der Waals surface area (Å²) in [5.74, 6) is -1.55. The summed E-state index contributed by atoms with van der Waals surface area (Å²) in [4.78, 5) is 23.8. The number of carbonyl (C=O) groups is 2. The van der Waals surface area contributed by atoms with Gasteiger partial charge in [0.15, 0.2) is 5.69 Å². The Morgan fingerprint density at radius 1 is 1.09 bits per heavy atom. The van der Waals surface area contributed by atoms with Gasteiger partial charge in [-0.1, -0.05) is 12.1 Å². The molecule has 1 heterocycles. The molecule has 23 heavy (non-hydrogen) atoms. The number of hydrogen-bond acceptors (Lipinski definition) is 5. The van der Waals surface area contributed by atoms with E-state index in [9.17, 15) is 14.0 Å². The summed E-state index contributed by atoms with van der Waals surface area (Å²) in [6.07, 6.45) is 0. The van der Waals surface area contributed by atoms with Gasteiger partial charge in [-0.15, -0.1) is 0 Å². The van der Waals surface area contributed by atoms with Crippen molar-refractivity contribution < 1.29 is 23.5 Å². The first kappa shape index (κ1) is 16.7. The maximum absolute atomic E-state index is 13.0. The molecule has 0 radical (unpaired) electrons. The average molecular weight is 320 g/mol. The standard InChI is InChI=1S/C16H17FN2O4/c1-3-22-15(20)13-9-14(16(21)23-4-2)19(18-13)10-11-5-7-12(17)8-6-11/h5-9H,3-4,10H2,1-2H3. The first-order valence-electron chi connectivity index (χ1n) is 7.21. The van der Waals surface area contributed by atoms with Crippen molar-refractivity contribution in [2.45, 2.75) is 20.4 Å². The van der Waals surface area contributed by atoms with Crippen LogP contribution in [0.1, 0.15) is 40.4 Å². The normalized spacial score (nSPS) is 10.4. The van der Waals surface area contributed by atoms with Gasteiger partial charge in [-0.2, -0.15) is 5.10 Å². The van der Waals surface area contributed by atoms with Crippen LogP contribution in [0.2, 0.25) is 0 Å². The second-order valence-corrected chi connectivity index (χ2v) is 4.64. The molecular formula is C16H17FN2O4. The first-order valence-corrected chi connectivity index (χ1v) is 7.21. The van der Waals surface area contributed by atoms with Crippen LogP contribution >= 0.6 is 0 Å². The first-order chi connectivity index (χ1) is 11.0. The Balaban J connectivity index is 2.32. The number of aromatic nitrogens is 2. The summed E-state index contributed by atoms with van der Waals surface area (Å²) >= 11 is 0.